The molecule has 7 aromatic rings. The Hall–Kier alpha value is -5.86. The molecule has 6 aromatic carbocycles. The number of nitrogens with zero attached hydrogens (tertiary/aromatic N) is 2. The van der Waals surface area contributed by atoms with E-state index in [1.165, 1.54) is 72.0 Å². The third-order valence-electron chi connectivity index (χ3n) is 11.7. The molecule has 240 valence electrons. The van der Waals surface area contributed by atoms with Crippen LogP contribution < -0.4 is 4.90 Å². The molecule has 2 aliphatic carbocycles. The van der Waals surface area contributed by atoms with Crippen molar-refractivity contribution in [2.75, 3.05) is 4.90 Å². The molecule has 0 bridgehead atoms. The van der Waals surface area contributed by atoms with E-state index in [2.05, 4.69) is 189 Å². The SMILES string of the molecule is C=C1/C=C\C=C/N(c2ccc3c(c2)C(C)(C)c2cc4c(cc2-3)-c2ccc(-n3c5ccccc5c5ccccc53)cc2C4(C)C)c2ccccc21. The standard InChI is InChI=1S/C48H38N2/c1-30-14-12-13-25-49(44-18-9-6-15-33(30)44)31-21-23-34-38-28-39-35-24-22-32(50-45-19-10-7-16-36(45)37-17-8-11-20-46(37)50)27-41(35)48(4,5)43(39)29-42(38)47(2,3)40(34)26-31/h6-29H,1H2,2-5H3/b14-12-,25-13-. The third kappa shape index (κ3) is 3.85. The molecule has 2 nitrogen and oxygen atoms in total. The van der Waals surface area contributed by atoms with Gasteiger partial charge in [0.15, 0.2) is 0 Å². The van der Waals surface area contributed by atoms with Crippen LogP contribution in [-0.2, 0) is 10.8 Å². The predicted octanol–water partition coefficient (Wildman–Crippen LogP) is 12.6. The van der Waals surface area contributed by atoms with Gasteiger partial charge < -0.3 is 9.47 Å². The molecule has 50 heavy (non-hydrogen) atoms. The Morgan fingerprint density at radius 2 is 1.02 bits per heavy atom. The van der Waals surface area contributed by atoms with Gasteiger partial charge in [-0.25, -0.2) is 0 Å². The second kappa shape index (κ2) is 10.1. The Morgan fingerprint density at radius 1 is 0.480 bits per heavy atom. The summed E-state index contributed by atoms with van der Waals surface area (Å²) in [4.78, 5) is 2.30. The van der Waals surface area contributed by atoms with Gasteiger partial charge in [-0.05, 0) is 105 Å². The summed E-state index contributed by atoms with van der Waals surface area (Å²) in [7, 11) is 0. The lowest BCUT2D eigenvalue weighted by molar-refractivity contribution is 0.639. The molecule has 0 spiro atoms. The van der Waals surface area contributed by atoms with Crippen molar-refractivity contribution in [3.8, 4) is 27.9 Å². The average molecular weight is 643 g/mol. The Labute approximate surface area is 293 Å². The third-order valence-corrected chi connectivity index (χ3v) is 11.7. The van der Waals surface area contributed by atoms with E-state index in [0.29, 0.717) is 0 Å². The fourth-order valence-corrected chi connectivity index (χ4v) is 9.09. The number of fused-ring (bicyclic) bond motifs is 10. The van der Waals surface area contributed by atoms with Crippen molar-refractivity contribution in [2.45, 2.75) is 38.5 Å². The molecule has 3 aliphatic rings. The van der Waals surface area contributed by atoms with E-state index in [1.54, 1.807) is 0 Å². The summed E-state index contributed by atoms with van der Waals surface area (Å²) in [6.45, 7) is 13.9. The molecule has 0 amide bonds. The first-order valence-electron chi connectivity index (χ1n) is 17.6. The quantitative estimate of drug-likeness (QED) is 0.182. The summed E-state index contributed by atoms with van der Waals surface area (Å²) in [6, 6.07) is 45.3. The van der Waals surface area contributed by atoms with Crippen molar-refractivity contribution in [3.05, 3.63) is 180 Å². The molecule has 0 fully saturated rings. The van der Waals surface area contributed by atoms with Gasteiger partial charge in [-0.3, -0.25) is 0 Å². The molecule has 0 N–H and O–H groups in total. The number of anilines is 2. The summed E-state index contributed by atoms with van der Waals surface area (Å²) in [5, 5.41) is 2.58. The normalized spacial score (nSPS) is 17.4. The Balaban J connectivity index is 1.11. The highest BCUT2D eigenvalue weighted by Crippen LogP contribution is 2.57. The zero-order valence-electron chi connectivity index (χ0n) is 29.0. The average Bonchev–Trinajstić information content (AvgIpc) is 3.66. The van der Waals surface area contributed by atoms with Crippen LogP contribution in [0.25, 0.3) is 55.3 Å². The van der Waals surface area contributed by atoms with Crippen LogP contribution in [0.5, 0.6) is 0 Å². The van der Waals surface area contributed by atoms with Crippen molar-refractivity contribution in [2.24, 2.45) is 0 Å². The Morgan fingerprint density at radius 3 is 1.68 bits per heavy atom. The molecule has 0 atom stereocenters. The molecule has 0 radical (unpaired) electrons. The molecule has 0 saturated carbocycles. The fraction of sp³-hybridized carbons (Fsp3) is 0.125. The molecular formula is C48H38N2. The van der Waals surface area contributed by atoms with Gasteiger partial charge in [-0.2, -0.15) is 0 Å². The van der Waals surface area contributed by atoms with Gasteiger partial charge >= 0.3 is 0 Å². The number of allylic oxidation sites excluding steroid dienone is 4. The highest BCUT2D eigenvalue weighted by molar-refractivity contribution is 6.09. The van der Waals surface area contributed by atoms with Gasteiger partial charge in [0, 0.05) is 44.7 Å². The van der Waals surface area contributed by atoms with Crippen molar-refractivity contribution < 1.29 is 0 Å². The van der Waals surface area contributed by atoms with Crippen molar-refractivity contribution in [1.29, 1.82) is 0 Å². The topological polar surface area (TPSA) is 8.17 Å². The van der Waals surface area contributed by atoms with Crippen LogP contribution in [-0.4, -0.2) is 4.57 Å². The predicted molar refractivity (Wildman–Crippen MR) is 212 cm³/mol. The molecule has 0 unspecified atom stereocenters. The van der Waals surface area contributed by atoms with Gasteiger partial charge in [0.05, 0.1) is 16.7 Å². The number of para-hydroxylation sites is 3. The minimum Gasteiger partial charge on any atom is -0.317 e. The lowest BCUT2D eigenvalue weighted by Crippen LogP contribution is -2.19. The molecular weight excluding hydrogens is 605 g/mol. The molecule has 10 rings (SSSR count). The first-order valence-corrected chi connectivity index (χ1v) is 17.6. The van der Waals surface area contributed by atoms with Crippen LogP contribution in [0.3, 0.4) is 0 Å². The van der Waals surface area contributed by atoms with Gasteiger partial charge in [0.25, 0.3) is 0 Å². The second-order valence-corrected chi connectivity index (χ2v) is 15.1. The van der Waals surface area contributed by atoms with E-state index in [4.69, 9.17) is 0 Å². The first-order chi connectivity index (χ1) is 24.2. The van der Waals surface area contributed by atoms with Crippen LogP contribution in [0.15, 0.2) is 152 Å². The van der Waals surface area contributed by atoms with Crippen LogP contribution in [0.2, 0.25) is 0 Å². The van der Waals surface area contributed by atoms with Gasteiger partial charge in [0.1, 0.15) is 0 Å². The first kappa shape index (κ1) is 29.1. The summed E-state index contributed by atoms with van der Waals surface area (Å²) in [5.74, 6) is 0. The van der Waals surface area contributed by atoms with Gasteiger partial charge in [-0.15, -0.1) is 0 Å². The minimum atomic E-state index is -0.149. The van der Waals surface area contributed by atoms with E-state index in [0.717, 1.165) is 22.5 Å². The molecule has 2 heteroatoms. The van der Waals surface area contributed by atoms with E-state index in [1.807, 2.05) is 0 Å². The maximum atomic E-state index is 4.34. The van der Waals surface area contributed by atoms with E-state index >= 15 is 0 Å². The second-order valence-electron chi connectivity index (χ2n) is 15.1. The molecule has 1 aromatic heterocycles. The number of hydrogen-bond acceptors (Lipinski definition) is 1. The number of aromatic nitrogens is 1. The maximum absolute atomic E-state index is 4.34. The van der Waals surface area contributed by atoms with E-state index in [9.17, 15) is 0 Å². The highest BCUT2D eigenvalue weighted by atomic mass is 15.1. The lowest BCUT2D eigenvalue weighted by atomic mass is 9.77. The van der Waals surface area contributed by atoms with Crippen molar-refractivity contribution >= 4 is 38.8 Å². The van der Waals surface area contributed by atoms with Crippen molar-refractivity contribution in [1.82, 2.24) is 4.57 Å². The van der Waals surface area contributed by atoms with Crippen LogP contribution in [0, 0.1) is 0 Å². The maximum Gasteiger partial charge on any atom is 0.0541 e. The van der Waals surface area contributed by atoms with Crippen molar-refractivity contribution in [3.63, 3.8) is 0 Å². The smallest absolute Gasteiger partial charge is 0.0541 e. The molecule has 1 aliphatic heterocycles. The minimum absolute atomic E-state index is 0.139. The number of benzene rings is 6. The summed E-state index contributed by atoms with van der Waals surface area (Å²) in [6.07, 6.45) is 8.43. The Bertz CT molecular complexity index is 2620. The molecule has 2 heterocycles. The zero-order valence-corrected chi connectivity index (χ0v) is 29.0. The summed E-state index contributed by atoms with van der Waals surface area (Å²) < 4.78 is 2.44. The van der Waals surface area contributed by atoms with Gasteiger partial charge in [0.2, 0.25) is 0 Å². The molecule has 0 saturated heterocycles. The van der Waals surface area contributed by atoms with Crippen LogP contribution in [0.4, 0.5) is 11.4 Å². The zero-order chi connectivity index (χ0) is 33.9. The number of rotatable bonds is 2. The Kier molecular flexibility index (Phi) is 5.87. The van der Waals surface area contributed by atoms with E-state index in [-0.39, 0.29) is 10.8 Å². The monoisotopic (exact) mass is 642 g/mol. The summed E-state index contributed by atoms with van der Waals surface area (Å²) in [5.41, 5.74) is 18.9. The summed E-state index contributed by atoms with van der Waals surface area (Å²) >= 11 is 0. The fourth-order valence-electron chi connectivity index (χ4n) is 9.09. The van der Waals surface area contributed by atoms with Crippen LogP contribution in [0.1, 0.15) is 55.5 Å². The lowest BCUT2D eigenvalue weighted by Gasteiger charge is -2.28. The highest BCUT2D eigenvalue weighted by Gasteiger charge is 2.42. The van der Waals surface area contributed by atoms with Gasteiger partial charge in [-0.1, -0.05) is 119 Å². The number of hydrogen-bond donors (Lipinski definition) is 0. The largest absolute Gasteiger partial charge is 0.317 e. The van der Waals surface area contributed by atoms with Crippen LogP contribution >= 0.6 is 0 Å². The van der Waals surface area contributed by atoms with E-state index < -0.39 is 0 Å².